The zero-order chi connectivity index (χ0) is 12.1. The van der Waals surface area contributed by atoms with E-state index in [1.54, 1.807) is 0 Å². The van der Waals surface area contributed by atoms with Crippen LogP contribution in [0.1, 0.15) is 40.0 Å². The Hall–Kier alpha value is -0.0256. The first-order valence-electron chi connectivity index (χ1n) is 5.66. The van der Waals surface area contributed by atoms with E-state index in [9.17, 15) is 4.79 Å². The Bertz CT molecular complexity index is 141. The number of rotatable bonds is 7. The monoisotopic (exact) mass is 270 g/mol. The minimum Gasteiger partial charge on any atom is -0.396 e. The molecule has 4 nitrogen and oxygen atoms in total. The second kappa shape index (κ2) is 17.4. The largest absolute Gasteiger partial charge is 0.396 e. The summed E-state index contributed by atoms with van der Waals surface area (Å²) in [4.78, 5) is 10.5. The number of carbonyl (C=O) groups is 1. The van der Waals surface area contributed by atoms with Crippen LogP contribution in [-0.2, 0) is 23.4 Å². The van der Waals surface area contributed by atoms with Crippen LogP contribution in [0.2, 0.25) is 0 Å². The summed E-state index contributed by atoms with van der Waals surface area (Å²) < 4.78 is 0. The van der Waals surface area contributed by atoms with Crippen LogP contribution in [-0.4, -0.2) is 35.9 Å². The molecule has 0 saturated carbocycles. The van der Waals surface area contributed by atoms with Gasteiger partial charge in [0.15, 0.2) is 0 Å². The normalized spacial score (nSPS) is 8.88. The van der Waals surface area contributed by atoms with Crippen LogP contribution in [0, 0.1) is 5.92 Å². The number of carbonyl (C=O) groups excluding carboxylic acids is 1. The number of aliphatic hydroxyl groups is 2. The number of nitrogens with one attached hydrogen (secondary N) is 1. The van der Waals surface area contributed by atoms with Crippen LogP contribution in [0.25, 0.3) is 0 Å². The topological polar surface area (TPSA) is 69.6 Å². The molecule has 0 spiro atoms. The van der Waals surface area contributed by atoms with Crippen molar-refractivity contribution in [1.29, 1.82) is 0 Å². The van der Waals surface area contributed by atoms with Crippen molar-refractivity contribution < 1.29 is 33.6 Å². The van der Waals surface area contributed by atoms with Crippen molar-refractivity contribution in [3.63, 3.8) is 0 Å². The fraction of sp³-hybridized carbons (Fsp3) is 0.909. The van der Waals surface area contributed by atoms with E-state index in [-0.39, 0.29) is 43.6 Å². The molecule has 0 aliphatic heterocycles. The fourth-order valence-corrected chi connectivity index (χ4v) is 1.06. The summed E-state index contributed by atoms with van der Waals surface area (Å²) in [6.45, 7) is 6.25. The summed E-state index contributed by atoms with van der Waals surface area (Å²) in [5.41, 5.74) is 0. The zero-order valence-electron chi connectivity index (χ0n) is 10.6. The van der Waals surface area contributed by atoms with Gasteiger partial charge in [0.1, 0.15) is 0 Å². The molecule has 97 valence electrons. The van der Waals surface area contributed by atoms with Crippen molar-refractivity contribution >= 4 is 5.91 Å². The van der Waals surface area contributed by atoms with E-state index in [0.29, 0.717) is 6.54 Å². The van der Waals surface area contributed by atoms with E-state index in [0.717, 1.165) is 19.3 Å². The van der Waals surface area contributed by atoms with Gasteiger partial charge < -0.3 is 15.5 Å². The molecule has 0 saturated heterocycles. The molecule has 0 atom stereocenters. The van der Waals surface area contributed by atoms with Gasteiger partial charge in [0.2, 0.25) is 5.91 Å². The van der Waals surface area contributed by atoms with E-state index in [1.807, 2.05) is 13.8 Å². The van der Waals surface area contributed by atoms with E-state index in [2.05, 4.69) is 5.32 Å². The van der Waals surface area contributed by atoms with Crippen molar-refractivity contribution in [2.45, 2.75) is 40.0 Å². The number of aliphatic hydroxyl groups excluding tert-OH is 2. The minimum atomic E-state index is -0.0131. The molecule has 0 aromatic heterocycles. The minimum absolute atomic E-state index is 0. The van der Waals surface area contributed by atoms with Gasteiger partial charge in [-0.3, -0.25) is 4.79 Å². The third-order valence-corrected chi connectivity index (χ3v) is 1.93. The number of hydrogen-bond acceptors (Lipinski definition) is 3. The second-order valence-corrected chi connectivity index (χ2v) is 3.21. The molecule has 0 unspecified atom stereocenters. The summed E-state index contributed by atoms with van der Waals surface area (Å²) in [5, 5.41) is 20.2. The SMILES string of the molecule is CC.CC(=O)NCCCCC(CO)CO.[V]. The Labute approximate surface area is 111 Å². The Morgan fingerprint density at radius 3 is 2.06 bits per heavy atom. The van der Waals surface area contributed by atoms with Gasteiger partial charge in [-0.1, -0.05) is 20.3 Å². The quantitative estimate of drug-likeness (QED) is 0.602. The molecule has 0 bridgehead atoms. The van der Waals surface area contributed by atoms with Crippen LogP contribution >= 0.6 is 0 Å². The standard InChI is InChI=1S/C9H19NO3.C2H6.V/c1-8(13)10-5-3-2-4-9(6-11)7-12;1-2;/h9,11-12H,2-7H2,1H3,(H,10,13);1-2H3;. The van der Waals surface area contributed by atoms with Gasteiger partial charge in [-0.25, -0.2) is 0 Å². The van der Waals surface area contributed by atoms with E-state index in [4.69, 9.17) is 10.2 Å². The van der Waals surface area contributed by atoms with Crippen LogP contribution < -0.4 is 5.32 Å². The molecule has 0 aliphatic carbocycles. The molecule has 3 N–H and O–H groups in total. The van der Waals surface area contributed by atoms with Gasteiger partial charge in [0.25, 0.3) is 0 Å². The van der Waals surface area contributed by atoms with Crippen molar-refractivity contribution in [2.75, 3.05) is 19.8 Å². The molecule has 5 heteroatoms. The van der Waals surface area contributed by atoms with Crippen molar-refractivity contribution in [1.82, 2.24) is 5.32 Å². The third-order valence-electron chi connectivity index (χ3n) is 1.93. The number of unbranched alkanes of at least 4 members (excludes halogenated alkanes) is 1. The molecule has 0 aromatic rings. The van der Waals surface area contributed by atoms with E-state index in [1.165, 1.54) is 6.92 Å². The van der Waals surface area contributed by atoms with Crippen LogP contribution in [0.4, 0.5) is 0 Å². The van der Waals surface area contributed by atoms with E-state index < -0.39 is 0 Å². The van der Waals surface area contributed by atoms with Gasteiger partial charge in [0, 0.05) is 51.2 Å². The maximum Gasteiger partial charge on any atom is 0.216 e. The first-order valence-corrected chi connectivity index (χ1v) is 5.66. The summed E-state index contributed by atoms with van der Waals surface area (Å²) in [6.07, 6.45) is 2.63. The molecule has 16 heavy (non-hydrogen) atoms. The maximum atomic E-state index is 10.5. The van der Waals surface area contributed by atoms with Gasteiger partial charge in [0.05, 0.1) is 0 Å². The smallest absolute Gasteiger partial charge is 0.216 e. The Kier molecular flexibility index (Phi) is 23.1. The molecule has 0 aromatic carbocycles. The van der Waals surface area contributed by atoms with Crippen molar-refractivity contribution in [3.8, 4) is 0 Å². The summed E-state index contributed by atoms with van der Waals surface area (Å²) in [6, 6.07) is 0. The summed E-state index contributed by atoms with van der Waals surface area (Å²) >= 11 is 0. The Morgan fingerprint density at radius 1 is 1.19 bits per heavy atom. The maximum absolute atomic E-state index is 10.5. The van der Waals surface area contributed by atoms with Gasteiger partial charge in [-0.2, -0.15) is 0 Å². The molecule has 1 amide bonds. The van der Waals surface area contributed by atoms with Crippen LogP contribution in [0.15, 0.2) is 0 Å². The number of hydrogen-bond donors (Lipinski definition) is 3. The van der Waals surface area contributed by atoms with E-state index >= 15 is 0 Å². The molecule has 1 radical (unpaired) electrons. The predicted molar refractivity (Wildman–Crippen MR) is 61.5 cm³/mol. The number of amides is 1. The zero-order valence-corrected chi connectivity index (χ0v) is 12.0. The molecular weight excluding hydrogens is 245 g/mol. The van der Waals surface area contributed by atoms with Crippen molar-refractivity contribution in [2.24, 2.45) is 5.92 Å². The summed E-state index contributed by atoms with van der Waals surface area (Å²) in [5.74, 6) is -0.0156. The molecule has 0 aliphatic rings. The van der Waals surface area contributed by atoms with Gasteiger partial charge >= 0.3 is 0 Å². The van der Waals surface area contributed by atoms with Crippen molar-refractivity contribution in [3.05, 3.63) is 0 Å². The Morgan fingerprint density at radius 2 is 1.69 bits per heavy atom. The summed E-state index contributed by atoms with van der Waals surface area (Å²) in [7, 11) is 0. The Balaban J connectivity index is -0.000000529. The first-order chi connectivity index (χ1) is 7.20. The van der Waals surface area contributed by atoms with Crippen LogP contribution in [0.5, 0.6) is 0 Å². The molecule has 0 rings (SSSR count). The molecule has 0 fully saturated rings. The molecule has 0 heterocycles. The van der Waals surface area contributed by atoms with Crippen LogP contribution in [0.3, 0.4) is 0 Å². The second-order valence-electron chi connectivity index (χ2n) is 3.21. The fourth-order valence-electron chi connectivity index (χ4n) is 1.06. The third kappa shape index (κ3) is 16.4. The van der Waals surface area contributed by atoms with Gasteiger partial charge in [-0.15, -0.1) is 0 Å². The first kappa shape index (κ1) is 21.3. The predicted octanol–water partition coefficient (Wildman–Crippen LogP) is 0.917. The van der Waals surface area contributed by atoms with Gasteiger partial charge in [-0.05, 0) is 12.8 Å². The molecular formula is C11H25NO3V. The average Bonchev–Trinajstić information content (AvgIpc) is 2.26. The average molecular weight is 270 g/mol.